The molecule has 1 rings (SSSR count). The fraction of sp³-hybridized carbons (Fsp3) is 0.846. The van der Waals surface area contributed by atoms with E-state index in [9.17, 15) is 9.59 Å². The molecule has 1 fully saturated rings. The van der Waals surface area contributed by atoms with E-state index >= 15 is 0 Å². The third-order valence-corrected chi connectivity index (χ3v) is 3.41. The first-order valence-corrected chi connectivity index (χ1v) is 6.58. The maximum Gasteiger partial charge on any atom is 0.326 e. The molecule has 1 amide bonds. The number of hydrogen-bond acceptors (Lipinski definition) is 2. The molecule has 0 radical (unpaired) electrons. The number of hydrogen-bond donors (Lipinski definition) is 1. The van der Waals surface area contributed by atoms with E-state index in [1.54, 1.807) is 4.90 Å². The predicted molar refractivity (Wildman–Crippen MR) is 65.7 cm³/mol. The molecule has 1 N–H and O–H groups in total. The smallest absolute Gasteiger partial charge is 0.326 e. The van der Waals surface area contributed by atoms with Gasteiger partial charge in [0.1, 0.15) is 6.04 Å². The number of carbonyl (C=O) groups excluding carboxylic acids is 1. The highest BCUT2D eigenvalue weighted by Gasteiger charge is 2.31. The van der Waals surface area contributed by atoms with Crippen LogP contribution in [0.5, 0.6) is 0 Å². The van der Waals surface area contributed by atoms with Crippen LogP contribution in [-0.4, -0.2) is 34.5 Å². The van der Waals surface area contributed by atoms with E-state index in [0.717, 1.165) is 25.7 Å². The van der Waals surface area contributed by atoms with Crippen LogP contribution in [0.15, 0.2) is 0 Å². The van der Waals surface area contributed by atoms with Crippen LogP contribution in [0.1, 0.15) is 52.4 Å². The molecule has 2 unspecified atom stereocenters. The fourth-order valence-corrected chi connectivity index (χ4v) is 2.50. The molecule has 0 saturated carbocycles. The van der Waals surface area contributed by atoms with Gasteiger partial charge in [-0.15, -0.1) is 0 Å². The Morgan fingerprint density at radius 2 is 2.12 bits per heavy atom. The van der Waals surface area contributed by atoms with Crippen molar-refractivity contribution >= 4 is 11.9 Å². The molecule has 2 atom stereocenters. The summed E-state index contributed by atoms with van der Waals surface area (Å²) in [6.07, 6.45) is 5.01. The highest BCUT2D eigenvalue weighted by molar-refractivity contribution is 5.84. The summed E-state index contributed by atoms with van der Waals surface area (Å²) in [5.41, 5.74) is 0. The topological polar surface area (TPSA) is 57.6 Å². The third kappa shape index (κ3) is 4.02. The van der Waals surface area contributed by atoms with Gasteiger partial charge in [-0.1, -0.05) is 26.7 Å². The Kier molecular flexibility index (Phi) is 5.45. The van der Waals surface area contributed by atoms with Crippen molar-refractivity contribution in [3.05, 3.63) is 0 Å². The lowest BCUT2D eigenvalue weighted by Gasteiger charge is -2.33. The van der Waals surface area contributed by atoms with Gasteiger partial charge in [-0.2, -0.15) is 0 Å². The summed E-state index contributed by atoms with van der Waals surface area (Å²) in [6, 6.07) is -0.593. The van der Waals surface area contributed by atoms with E-state index in [2.05, 4.69) is 13.8 Å². The van der Waals surface area contributed by atoms with Crippen LogP contribution in [0.2, 0.25) is 0 Å². The van der Waals surface area contributed by atoms with E-state index < -0.39 is 12.0 Å². The van der Waals surface area contributed by atoms with Gasteiger partial charge in [0, 0.05) is 13.0 Å². The first-order chi connectivity index (χ1) is 8.06. The second kappa shape index (κ2) is 6.62. The molecule has 0 spiro atoms. The molecule has 98 valence electrons. The zero-order valence-electron chi connectivity index (χ0n) is 10.8. The van der Waals surface area contributed by atoms with Crippen molar-refractivity contribution in [3.63, 3.8) is 0 Å². The highest BCUT2D eigenvalue weighted by Crippen LogP contribution is 2.20. The number of rotatable bonds is 5. The maximum absolute atomic E-state index is 12.1. The van der Waals surface area contributed by atoms with E-state index in [0.29, 0.717) is 25.3 Å². The molecule has 0 bridgehead atoms. The maximum atomic E-state index is 12.1. The van der Waals surface area contributed by atoms with Crippen molar-refractivity contribution in [2.75, 3.05) is 6.54 Å². The van der Waals surface area contributed by atoms with Crippen molar-refractivity contribution in [1.29, 1.82) is 0 Å². The zero-order chi connectivity index (χ0) is 12.8. The average Bonchev–Trinajstić information content (AvgIpc) is 2.29. The number of carboxylic acid groups (broad SMARTS) is 1. The largest absolute Gasteiger partial charge is 0.480 e. The first-order valence-electron chi connectivity index (χ1n) is 6.58. The molecule has 0 aliphatic carbocycles. The molecule has 4 heteroatoms. The summed E-state index contributed by atoms with van der Waals surface area (Å²) in [6.45, 7) is 4.76. The van der Waals surface area contributed by atoms with Crippen molar-refractivity contribution in [2.24, 2.45) is 5.92 Å². The Balaban J connectivity index is 2.56. The molecule has 1 aliphatic heterocycles. The van der Waals surface area contributed by atoms with Gasteiger partial charge >= 0.3 is 5.97 Å². The Morgan fingerprint density at radius 3 is 2.71 bits per heavy atom. The molecule has 17 heavy (non-hydrogen) atoms. The molecule has 1 saturated heterocycles. The standard InChI is InChI=1S/C13H23NO3/c1-3-6-10(2)9-12(15)14-8-5-4-7-11(14)13(16)17/h10-11H,3-9H2,1-2H3,(H,16,17). The Hall–Kier alpha value is -1.06. The van der Waals surface area contributed by atoms with Crippen molar-refractivity contribution < 1.29 is 14.7 Å². The summed E-state index contributed by atoms with van der Waals surface area (Å²) >= 11 is 0. The lowest BCUT2D eigenvalue weighted by atomic mass is 9.98. The van der Waals surface area contributed by atoms with E-state index in [4.69, 9.17) is 5.11 Å². The van der Waals surface area contributed by atoms with Gasteiger partial charge in [0.25, 0.3) is 0 Å². The Labute approximate surface area is 103 Å². The quantitative estimate of drug-likeness (QED) is 0.803. The molecular formula is C13H23NO3. The van der Waals surface area contributed by atoms with Crippen LogP contribution < -0.4 is 0 Å². The van der Waals surface area contributed by atoms with E-state index in [1.807, 2.05) is 0 Å². The van der Waals surface area contributed by atoms with Gasteiger partial charge in [0.15, 0.2) is 0 Å². The summed E-state index contributed by atoms with van der Waals surface area (Å²) in [5.74, 6) is -0.497. The minimum atomic E-state index is -0.860. The first kappa shape index (κ1) is 14.0. The second-order valence-electron chi connectivity index (χ2n) is 5.03. The number of aliphatic carboxylic acids is 1. The highest BCUT2D eigenvalue weighted by atomic mass is 16.4. The third-order valence-electron chi connectivity index (χ3n) is 3.41. The van der Waals surface area contributed by atoms with Crippen LogP contribution in [-0.2, 0) is 9.59 Å². The molecular weight excluding hydrogens is 218 g/mol. The molecule has 0 aromatic rings. The zero-order valence-corrected chi connectivity index (χ0v) is 10.8. The van der Waals surface area contributed by atoms with Gasteiger partial charge in [0.2, 0.25) is 5.91 Å². The molecule has 0 aromatic carbocycles. The van der Waals surface area contributed by atoms with Gasteiger partial charge in [-0.25, -0.2) is 4.79 Å². The van der Waals surface area contributed by atoms with Crippen LogP contribution in [0, 0.1) is 5.92 Å². The van der Waals surface area contributed by atoms with E-state index in [1.165, 1.54) is 0 Å². The molecule has 4 nitrogen and oxygen atoms in total. The second-order valence-corrected chi connectivity index (χ2v) is 5.03. The van der Waals surface area contributed by atoms with Crippen molar-refractivity contribution in [1.82, 2.24) is 4.90 Å². The number of likely N-dealkylation sites (tertiary alicyclic amines) is 1. The number of piperidine rings is 1. The monoisotopic (exact) mass is 241 g/mol. The normalized spacial score (nSPS) is 22.2. The number of amides is 1. The minimum Gasteiger partial charge on any atom is -0.480 e. The van der Waals surface area contributed by atoms with E-state index in [-0.39, 0.29) is 5.91 Å². The number of nitrogens with zero attached hydrogens (tertiary/aromatic N) is 1. The Bertz CT molecular complexity index is 278. The van der Waals surface area contributed by atoms with Gasteiger partial charge in [0.05, 0.1) is 0 Å². The summed E-state index contributed by atoms with van der Waals surface area (Å²) in [4.78, 5) is 24.7. The van der Waals surface area contributed by atoms with Gasteiger partial charge in [-0.05, 0) is 25.2 Å². The minimum absolute atomic E-state index is 0.0121. The van der Waals surface area contributed by atoms with Crippen LogP contribution in [0.3, 0.4) is 0 Å². The van der Waals surface area contributed by atoms with Crippen LogP contribution >= 0.6 is 0 Å². The average molecular weight is 241 g/mol. The van der Waals surface area contributed by atoms with Crippen molar-refractivity contribution in [3.8, 4) is 0 Å². The van der Waals surface area contributed by atoms with Crippen molar-refractivity contribution in [2.45, 2.75) is 58.4 Å². The van der Waals surface area contributed by atoms with Gasteiger partial charge < -0.3 is 10.0 Å². The predicted octanol–water partition coefficient (Wildman–Crippen LogP) is 2.28. The molecule has 0 aromatic heterocycles. The SMILES string of the molecule is CCCC(C)CC(=O)N1CCCCC1C(=O)O. The lowest BCUT2D eigenvalue weighted by molar-refractivity contribution is -0.152. The Morgan fingerprint density at radius 1 is 1.41 bits per heavy atom. The van der Waals surface area contributed by atoms with Crippen LogP contribution in [0.25, 0.3) is 0 Å². The summed E-state index contributed by atoms with van der Waals surface area (Å²) < 4.78 is 0. The van der Waals surface area contributed by atoms with Gasteiger partial charge in [-0.3, -0.25) is 4.79 Å². The number of carbonyl (C=O) groups is 2. The molecule has 1 heterocycles. The molecule has 1 aliphatic rings. The lowest BCUT2D eigenvalue weighted by Crippen LogP contribution is -2.48. The summed E-state index contributed by atoms with van der Waals surface area (Å²) in [5, 5.41) is 9.10. The summed E-state index contributed by atoms with van der Waals surface area (Å²) in [7, 11) is 0. The van der Waals surface area contributed by atoms with Crippen LogP contribution in [0.4, 0.5) is 0 Å². The fourth-order valence-electron chi connectivity index (χ4n) is 2.50. The number of carboxylic acids is 1.